The van der Waals surface area contributed by atoms with Crippen molar-refractivity contribution in [2.24, 2.45) is 4.99 Å². The van der Waals surface area contributed by atoms with Gasteiger partial charge >= 0.3 is 5.82 Å². The summed E-state index contributed by atoms with van der Waals surface area (Å²) in [5, 5.41) is 25.8. The van der Waals surface area contributed by atoms with Gasteiger partial charge < -0.3 is 15.3 Å². The molecule has 24 heavy (non-hydrogen) atoms. The highest BCUT2D eigenvalue weighted by molar-refractivity contribution is 6.30. The molecule has 122 valence electrons. The summed E-state index contributed by atoms with van der Waals surface area (Å²) in [6.45, 7) is 1.91. The molecule has 0 saturated carbocycles. The lowest BCUT2D eigenvalue weighted by molar-refractivity contribution is -0.391. The van der Waals surface area contributed by atoms with Gasteiger partial charge in [-0.15, -0.1) is 0 Å². The second-order valence-corrected chi connectivity index (χ2v) is 5.45. The van der Waals surface area contributed by atoms with E-state index in [1.165, 1.54) is 6.07 Å². The number of aromatic nitrogens is 3. The number of aryl methyl sites for hydroxylation is 1. The first-order chi connectivity index (χ1) is 11.5. The average Bonchev–Trinajstić information content (AvgIpc) is 2.87. The molecule has 0 aliphatic rings. The van der Waals surface area contributed by atoms with Crippen LogP contribution in [-0.2, 0) is 0 Å². The Labute approximate surface area is 141 Å². The molecule has 0 fully saturated rings. The molecular weight excluding hydrogens is 334 g/mol. The number of rotatable bonds is 3. The molecular formula is C15H12ClN5O3. The average molecular weight is 346 g/mol. The van der Waals surface area contributed by atoms with Crippen molar-refractivity contribution in [2.75, 3.05) is 0 Å². The smallest absolute Gasteiger partial charge is 0.409 e. The molecule has 1 N–H and O–H groups in total. The fraction of sp³-hybridized carbons (Fsp3) is 0.0667. The summed E-state index contributed by atoms with van der Waals surface area (Å²) in [7, 11) is 0. The van der Waals surface area contributed by atoms with Crippen LogP contribution in [0.25, 0.3) is 5.69 Å². The summed E-state index contributed by atoms with van der Waals surface area (Å²) in [5.41, 5.74) is 1.55. The Bertz CT molecular complexity index is 976. The SMILES string of the molecule is Cc1ccc(N=c2c([N+](=O)[O-])nn(-c3cccc(Cl)c3)n2O)cc1. The first-order valence-corrected chi connectivity index (χ1v) is 7.27. The zero-order valence-corrected chi connectivity index (χ0v) is 13.3. The molecule has 1 aromatic heterocycles. The van der Waals surface area contributed by atoms with Gasteiger partial charge in [0, 0.05) is 5.02 Å². The Balaban J connectivity index is 2.22. The minimum Gasteiger partial charge on any atom is -0.409 e. The van der Waals surface area contributed by atoms with Gasteiger partial charge in [-0.25, -0.2) is 4.99 Å². The van der Waals surface area contributed by atoms with Crippen molar-refractivity contribution < 1.29 is 10.1 Å². The van der Waals surface area contributed by atoms with E-state index < -0.39 is 10.7 Å². The van der Waals surface area contributed by atoms with E-state index in [4.69, 9.17) is 11.6 Å². The van der Waals surface area contributed by atoms with E-state index in [0.29, 0.717) is 21.2 Å². The third-order valence-electron chi connectivity index (χ3n) is 3.24. The maximum absolute atomic E-state index is 11.2. The fourth-order valence-electron chi connectivity index (χ4n) is 2.08. The highest BCUT2D eigenvalue weighted by Crippen LogP contribution is 2.16. The Morgan fingerprint density at radius 2 is 1.96 bits per heavy atom. The van der Waals surface area contributed by atoms with Crippen molar-refractivity contribution in [2.45, 2.75) is 6.92 Å². The van der Waals surface area contributed by atoms with E-state index in [2.05, 4.69) is 10.1 Å². The molecule has 0 saturated heterocycles. The quantitative estimate of drug-likeness (QED) is 0.448. The predicted octanol–water partition coefficient (Wildman–Crippen LogP) is 3.01. The zero-order chi connectivity index (χ0) is 17.3. The van der Waals surface area contributed by atoms with Crippen LogP contribution in [0.15, 0.2) is 53.5 Å². The summed E-state index contributed by atoms with van der Waals surface area (Å²) >= 11 is 5.91. The number of hydrogen-bond acceptors (Lipinski definition) is 5. The van der Waals surface area contributed by atoms with Gasteiger partial charge in [0.15, 0.2) is 0 Å². The van der Waals surface area contributed by atoms with E-state index in [9.17, 15) is 15.3 Å². The topological polar surface area (TPSA) is 98.5 Å². The molecule has 2 aromatic carbocycles. The Kier molecular flexibility index (Phi) is 4.05. The van der Waals surface area contributed by atoms with Crippen molar-refractivity contribution in [1.82, 2.24) is 14.7 Å². The molecule has 9 heteroatoms. The largest absolute Gasteiger partial charge is 0.438 e. The van der Waals surface area contributed by atoms with Crippen LogP contribution in [0, 0.1) is 17.0 Å². The normalized spacial score (nSPS) is 11.7. The van der Waals surface area contributed by atoms with Gasteiger partial charge in [-0.2, -0.15) is 0 Å². The van der Waals surface area contributed by atoms with Crippen LogP contribution in [0.3, 0.4) is 0 Å². The van der Waals surface area contributed by atoms with Crippen LogP contribution in [0.1, 0.15) is 5.56 Å². The predicted molar refractivity (Wildman–Crippen MR) is 86.8 cm³/mol. The van der Waals surface area contributed by atoms with Gasteiger partial charge in [-0.1, -0.05) is 40.2 Å². The third-order valence-corrected chi connectivity index (χ3v) is 3.47. The van der Waals surface area contributed by atoms with Crippen LogP contribution in [-0.4, -0.2) is 24.9 Å². The highest BCUT2D eigenvalue weighted by atomic mass is 35.5. The van der Waals surface area contributed by atoms with Gasteiger partial charge in [0.2, 0.25) is 0 Å². The lowest BCUT2D eigenvalue weighted by Gasteiger charge is -2.00. The second kappa shape index (κ2) is 6.17. The molecule has 0 bridgehead atoms. The van der Waals surface area contributed by atoms with Crippen molar-refractivity contribution in [1.29, 1.82) is 0 Å². The van der Waals surface area contributed by atoms with Crippen LogP contribution in [0.5, 0.6) is 0 Å². The molecule has 0 unspecified atom stereocenters. The van der Waals surface area contributed by atoms with E-state index in [1.54, 1.807) is 30.3 Å². The maximum Gasteiger partial charge on any atom is 0.438 e. The molecule has 8 nitrogen and oxygen atoms in total. The third kappa shape index (κ3) is 2.99. The summed E-state index contributed by atoms with van der Waals surface area (Å²) in [4.78, 5) is 16.1. The van der Waals surface area contributed by atoms with Gasteiger partial charge in [0.05, 0.1) is 10.8 Å². The van der Waals surface area contributed by atoms with E-state index in [1.807, 2.05) is 19.1 Å². The highest BCUT2D eigenvalue weighted by Gasteiger charge is 2.24. The van der Waals surface area contributed by atoms with Crippen LogP contribution < -0.4 is 5.49 Å². The number of benzene rings is 2. The van der Waals surface area contributed by atoms with Gasteiger partial charge in [-0.05, 0) is 47.0 Å². The summed E-state index contributed by atoms with van der Waals surface area (Å²) in [6, 6.07) is 13.4. The first-order valence-electron chi connectivity index (χ1n) is 6.89. The Hall–Kier alpha value is -3.13. The van der Waals surface area contributed by atoms with Crippen molar-refractivity contribution in [3.05, 3.63) is 74.7 Å². The number of nitro groups is 1. The summed E-state index contributed by atoms with van der Waals surface area (Å²) in [6.07, 6.45) is 0. The molecule has 0 aliphatic carbocycles. The van der Waals surface area contributed by atoms with Crippen molar-refractivity contribution in [3.63, 3.8) is 0 Å². The molecule has 0 aliphatic heterocycles. The minimum absolute atomic E-state index is 0.288. The van der Waals surface area contributed by atoms with E-state index in [0.717, 1.165) is 10.4 Å². The standard InChI is InChI=1S/C15H12ClN5O3/c1-10-5-7-12(8-6-10)17-14-15(21(23)24)18-19(20(14)22)13-4-2-3-11(16)9-13/h2-9,22H,1H3. The van der Waals surface area contributed by atoms with Crippen molar-refractivity contribution >= 4 is 23.1 Å². The lowest BCUT2D eigenvalue weighted by atomic mass is 10.2. The molecule has 3 rings (SSSR count). The molecule has 0 spiro atoms. The van der Waals surface area contributed by atoms with Gasteiger partial charge in [0.25, 0.3) is 5.49 Å². The fourth-order valence-corrected chi connectivity index (χ4v) is 2.26. The van der Waals surface area contributed by atoms with E-state index in [-0.39, 0.29) is 5.49 Å². The van der Waals surface area contributed by atoms with Crippen LogP contribution in [0.2, 0.25) is 5.02 Å². The monoisotopic (exact) mass is 345 g/mol. The maximum atomic E-state index is 11.2. The van der Waals surface area contributed by atoms with E-state index >= 15 is 0 Å². The van der Waals surface area contributed by atoms with Gasteiger partial charge in [-0.3, -0.25) is 0 Å². The molecule has 0 radical (unpaired) electrons. The molecule has 0 atom stereocenters. The molecule has 3 aromatic rings. The lowest BCUT2D eigenvalue weighted by Crippen LogP contribution is -2.22. The number of nitrogens with zero attached hydrogens (tertiary/aromatic N) is 5. The Morgan fingerprint density at radius 3 is 2.58 bits per heavy atom. The summed E-state index contributed by atoms with van der Waals surface area (Å²) in [5.74, 6) is -0.571. The Morgan fingerprint density at radius 1 is 1.25 bits per heavy atom. The van der Waals surface area contributed by atoms with Gasteiger partial charge in [0.1, 0.15) is 5.69 Å². The molecule has 1 heterocycles. The van der Waals surface area contributed by atoms with Crippen LogP contribution >= 0.6 is 11.6 Å². The zero-order valence-electron chi connectivity index (χ0n) is 12.5. The van der Waals surface area contributed by atoms with Crippen molar-refractivity contribution in [3.8, 4) is 5.69 Å². The number of hydrogen-bond donors (Lipinski definition) is 1. The second-order valence-electron chi connectivity index (χ2n) is 5.01. The minimum atomic E-state index is -0.708. The number of halogens is 1. The summed E-state index contributed by atoms with van der Waals surface area (Å²) < 4.78 is 0. The van der Waals surface area contributed by atoms with Crippen LogP contribution in [0.4, 0.5) is 11.5 Å². The first kappa shape index (κ1) is 15.8. The molecule has 0 amide bonds.